The van der Waals surface area contributed by atoms with Gasteiger partial charge in [-0.25, -0.2) is 15.0 Å². The summed E-state index contributed by atoms with van der Waals surface area (Å²) in [6.07, 6.45) is 1.52. The van der Waals surface area contributed by atoms with Gasteiger partial charge in [-0.2, -0.15) is 0 Å². The summed E-state index contributed by atoms with van der Waals surface area (Å²) in [4.78, 5) is 15.3. The molecule has 1 aliphatic heterocycles. The van der Waals surface area contributed by atoms with Gasteiger partial charge in [-0.15, -0.1) is 0 Å². The van der Waals surface area contributed by atoms with Crippen LogP contribution in [0.4, 0.5) is 11.6 Å². The number of aromatic nitrogens is 3. The number of hydrogen-bond donors (Lipinski definition) is 2. The topological polar surface area (TPSA) is 89.2 Å². The van der Waals surface area contributed by atoms with E-state index >= 15 is 0 Å². The maximum Gasteiger partial charge on any atom is 0.166 e. The van der Waals surface area contributed by atoms with E-state index in [1.165, 1.54) is 11.9 Å². The zero-order valence-electron chi connectivity index (χ0n) is 14.5. The van der Waals surface area contributed by atoms with E-state index in [-0.39, 0.29) is 6.04 Å². The van der Waals surface area contributed by atoms with Gasteiger partial charge in [-0.3, -0.25) is 4.90 Å². The van der Waals surface area contributed by atoms with Crippen LogP contribution < -0.4 is 11.1 Å². The monoisotopic (exact) mass is 350 g/mol. The highest BCUT2D eigenvalue weighted by Gasteiger charge is 2.22. The molecule has 1 fully saturated rings. The molecule has 1 saturated heterocycles. The Labute approximate surface area is 152 Å². The number of morpholine rings is 1. The van der Waals surface area contributed by atoms with Crippen molar-refractivity contribution >= 4 is 22.7 Å². The summed E-state index contributed by atoms with van der Waals surface area (Å²) in [6, 6.07) is 14.5. The predicted molar refractivity (Wildman–Crippen MR) is 102 cm³/mol. The zero-order chi connectivity index (χ0) is 17.8. The normalized spacial score (nSPS) is 16.5. The van der Waals surface area contributed by atoms with Crippen molar-refractivity contribution < 1.29 is 4.74 Å². The second kappa shape index (κ2) is 7.63. The predicted octanol–water partition coefficient (Wildman–Crippen LogP) is 2.09. The Kier molecular flexibility index (Phi) is 4.90. The Hall–Kier alpha value is -2.77. The molecule has 1 unspecified atom stereocenters. The Bertz CT molecular complexity index is 866. The minimum atomic E-state index is 0.242. The molecule has 0 spiro atoms. The number of nitrogens with zero attached hydrogens (tertiary/aromatic N) is 4. The van der Waals surface area contributed by atoms with Gasteiger partial charge in [0.1, 0.15) is 18.0 Å². The number of benzene rings is 1. The van der Waals surface area contributed by atoms with Gasteiger partial charge < -0.3 is 15.8 Å². The van der Waals surface area contributed by atoms with Crippen LogP contribution in [0.15, 0.2) is 48.8 Å². The van der Waals surface area contributed by atoms with Crippen molar-refractivity contribution in [2.75, 3.05) is 43.9 Å². The molecular weight excluding hydrogens is 328 g/mol. The van der Waals surface area contributed by atoms with Crippen LogP contribution >= 0.6 is 0 Å². The zero-order valence-corrected chi connectivity index (χ0v) is 14.5. The van der Waals surface area contributed by atoms with Crippen molar-refractivity contribution in [3.8, 4) is 0 Å². The Morgan fingerprint density at radius 1 is 1.08 bits per heavy atom. The number of pyridine rings is 1. The summed E-state index contributed by atoms with van der Waals surface area (Å²) in [5.74, 6) is 1.23. The third kappa shape index (κ3) is 3.58. The molecule has 0 amide bonds. The van der Waals surface area contributed by atoms with Crippen LogP contribution in [0.5, 0.6) is 0 Å². The second-order valence-corrected chi connectivity index (χ2v) is 6.29. The number of nitrogens with one attached hydrogen (secondary N) is 1. The lowest BCUT2D eigenvalue weighted by Gasteiger charge is -2.35. The van der Waals surface area contributed by atoms with Gasteiger partial charge in [-0.1, -0.05) is 30.3 Å². The molecular formula is C19H22N6O. The molecule has 0 radical (unpaired) electrons. The molecule has 0 aliphatic carbocycles. The summed E-state index contributed by atoms with van der Waals surface area (Å²) >= 11 is 0. The molecule has 7 heteroatoms. The van der Waals surface area contributed by atoms with E-state index in [1.54, 1.807) is 6.07 Å². The molecule has 3 N–H and O–H groups in total. The minimum Gasteiger partial charge on any atom is -0.384 e. The second-order valence-electron chi connectivity index (χ2n) is 6.29. The van der Waals surface area contributed by atoms with Crippen LogP contribution in [-0.4, -0.2) is 52.7 Å². The van der Waals surface area contributed by atoms with Gasteiger partial charge in [0, 0.05) is 19.6 Å². The lowest BCUT2D eigenvalue weighted by atomic mass is 10.0. The van der Waals surface area contributed by atoms with Crippen LogP contribution in [0, 0.1) is 0 Å². The Morgan fingerprint density at radius 3 is 2.69 bits per heavy atom. The minimum absolute atomic E-state index is 0.242. The quantitative estimate of drug-likeness (QED) is 0.728. The summed E-state index contributed by atoms with van der Waals surface area (Å²) in [6.45, 7) is 4.11. The third-order valence-corrected chi connectivity index (χ3v) is 4.65. The van der Waals surface area contributed by atoms with E-state index < -0.39 is 0 Å². The first-order chi connectivity index (χ1) is 12.8. The molecule has 0 saturated carbocycles. The van der Waals surface area contributed by atoms with E-state index in [0.29, 0.717) is 11.5 Å². The van der Waals surface area contributed by atoms with E-state index in [9.17, 15) is 0 Å². The summed E-state index contributed by atoms with van der Waals surface area (Å²) < 4.78 is 5.51. The molecule has 1 aliphatic rings. The highest BCUT2D eigenvalue weighted by atomic mass is 16.5. The molecule has 1 aromatic carbocycles. The number of anilines is 2. The number of nitrogen functional groups attached to an aromatic ring is 1. The van der Waals surface area contributed by atoms with Crippen LogP contribution in [0.25, 0.3) is 11.0 Å². The fourth-order valence-electron chi connectivity index (χ4n) is 3.31. The van der Waals surface area contributed by atoms with Gasteiger partial charge in [-0.05, 0) is 17.7 Å². The molecule has 3 aromatic rings. The highest BCUT2D eigenvalue weighted by Crippen LogP contribution is 2.24. The maximum absolute atomic E-state index is 5.76. The lowest BCUT2D eigenvalue weighted by molar-refractivity contribution is 0.0187. The van der Waals surface area contributed by atoms with Crippen molar-refractivity contribution in [2.45, 2.75) is 6.04 Å². The Balaban J connectivity index is 1.58. The summed E-state index contributed by atoms with van der Waals surface area (Å²) in [7, 11) is 0. The van der Waals surface area contributed by atoms with Crippen molar-refractivity contribution in [2.24, 2.45) is 0 Å². The molecule has 0 bridgehead atoms. The molecule has 1 atom stereocenters. The van der Waals surface area contributed by atoms with E-state index in [2.05, 4.69) is 49.4 Å². The summed E-state index contributed by atoms with van der Waals surface area (Å²) in [5, 5.41) is 4.36. The summed E-state index contributed by atoms with van der Waals surface area (Å²) in [5.41, 5.74) is 7.64. The van der Waals surface area contributed by atoms with Crippen molar-refractivity contribution in [3.05, 3.63) is 54.4 Å². The van der Waals surface area contributed by atoms with Gasteiger partial charge in [0.2, 0.25) is 0 Å². The first-order valence-corrected chi connectivity index (χ1v) is 8.79. The van der Waals surface area contributed by atoms with Crippen LogP contribution in [0.2, 0.25) is 0 Å². The van der Waals surface area contributed by atoms with Gasteiger partial charge >= 0.3 is 0 Å². The van der Waals surface area contributed by atoms with Crippen LogP contribution in [0.1, 0.15) is 11.6 Å². The number of fused-ring (bicyclic) bond motifs is 1. The largest absolute Gasteiger partial charge is 0.384 e. The number of ether oxygens (including phenoxy) is 1. The molecule has 3 heterocycles. The van der Waals surface area contributed by atoms with E-state index in [0.717, 1.165) is 44.1 Å². The van der Waals surface area contributed by atoms with Crippen molar-refractivity contribution in [1.29, 1.82) is 0 Å². The van der Waals surface area contributed by atoms with E-state index in [4.69, 9.17) is 10.5 Å². The molecule has 7 nitrogen and oxygen atoms in total. The third-order valence-electron chi connectivity index (χ3n) is 4.65. The standard InChI is InChI=1S/C19H22N6O/c20-17-7-6-15-18(22-13-23-19(15)24-17)21-12-16(14-4-2-1-3-5-14)25-8-10-26-11-9-25/h1-7,13,16H,8-12H2,(H3,20,21,22,23,24). The number of nitrogens with two attached hydrogens (primary N) is 1. The molecule has 2 aromatic heterocycles. The maximum atomic E-state index is 5.76. The van der Waals surface area contributed by atoms with Crippen molar-refractivity contribution in [3.63, 3.8) is 0 Å². The lowest BCUT2D eigenvalue weighted by Crippen LogP contribution is -2.41. The Morgan fingerprint density at radius 2 is 1.88 bits per heavy atom. The smallest absolute Gasteiger partial charge is 0.166 e. The number of hydrogen-bond acceptors (Lipinski definition) is 7. The fourth-order valence-corrected chi connectivity index (χ4v) is 3.31. The average molecular weight is 350 g/mol. The molecule has 4 rings (SSSR count). The fraction of sp³-hybridized carbons (Fsp3) is 0.316. The average Bonchev–Trinajstić information content (AvgIpc) is 2.69. The van der Waals surface area contributed by atoms with Crippen LogP contribution in [-0.2, 0) is 4.74 Å². The highest BCUT2D eigenvalue weighted by molar-refractivity contribution is 5.87. The van der Waals surface area contributed by atoms with Gasteiger partial charge in [0.15, 0.2) is 5.65 Å². The number of rotatable bonds is 5. The first-order valence-electron chi connectivity index (χ1n) is 8.79. The van der Waals surface area contributed by atoms with Gasteiger partial charge in [0.05, 0.1) is 24.6 Å². The first kappa shape index (κ1) is 16.7. The van der Waals surface area contributed by atoms with Crippen LogP contribution in [0.3, 0.4) is 0 Å². The SMILES string of the molecule is Nc1ccc2c(NCC(c3ccccc3)N3CCOCC3)ncnc2n1. The molecule has 134 valence electrons. The van der Waals surface area contributed by atoms with Crippen molar-refractivity contribution in [1.82, 2.24) is 19.9 Å². The molecule has 26 heavy (non-hydrogen) atoms. The van der Waals surface area contributed by atoms with E-state index in [1.807, 2.05) is 12.1 Å². The van der Waals surface area contributed by atoms with Gasteiger partial charge in [0.25, 0.3) is 0 Å².